The Bertz CT molecular complexity index is 692. The third-order valence-corrected chi connectivity index (χ3v) is 6.38. The molecular formula is C29H50O3. The minimum Gasteiger partial charge on any atom is -0.507 e. The van der Waals surface area contributed by atoms with Gasteiger partial charge in [-0.05, 0) is 35.3 Å². The molecule has 32 heavy (non-hydrogen) atoms. The Morgan fingerprint density at radius 3 is 1.81 bits per heavy atom. The first-order chi connectivity index (χ1) is 14.9. The summed E-state index contributed by atoms with van der Waals surface area (Å²) in [5, 5.41) is 11.0. The van der Waals surface area contributed by atoms with E-state index in [2.05, 4.69) is 54.5 Å². The van der Waals surface area contributed by atoms with Crippen molar-refractivity contribution in [2.24, 2.45) is 0 Å². The third-order valence-electron chi connectivity index (χ3n) is 6.38. The summed E-state index contributed by atoms with van der Waals surface area (Å²) in [7, 11) is 0. The van der Waals surface area contributed by atoms with Gasteiger partial charge in [0.15, 0.2) is 0 Å². The van der Waals surface area contributed by atoms with Crippen molar-refractivity contribution in [3.05, 3.63) is 28.8 Å². The maximum atomic E-state index is 12.7. The summed E-state index contributed by atoms with van der Waals surface area (Å²) in [4.78, 5) is 12.7. The zero-order valence-electron chi connectivity index (χ0n) is 22.3. The second-order valence-corrected chi connectivity index (χ2v) is 11.5. The van der Waals surface area contributed by atoms with E-state index in [4.69, 9.17) is 4.74 Å². The molecule has 0 saturated carbocycles. The van der Waals surface area contributed by atoms with Crippen molar-refractivity contribution >= 4 is 5.97 Å². The predicted molar refractivity (Wildman–Crippen MR) is 137 cm³/mol. The highest BCUT2D eigenvalue weighted by Gasteiger charge is 2.29. The van der Waals surface area contributed by atoms with E-state index in [9.17, 15) is 9.90 Å². The standard InChI is InChI=1S/C29H50O3/c1-9-10-11-12-13-14-15-16-17-18-19-32-27(31)22(2)24-20-23(28(3,4)5)21-25(26(24)30)29(6,7)8/h20-22,30H,9-19H2,1-8H3. The Morgan fingerprint density at radius 2 is 1.34 bits per heavy atom. The van der Waals surface area contributed by atoms with Crippen molar-refractivity contribution in [1.82, 2.24) is 0 Å². The van der Waals surface area contributed by atoms with Crippen LogP contribution in [0.4, 0.5) is 0 Å². The van der Waals surface area contributed by atoms with Gasteiger partial charge in [0.25, 0.3) is 0 Å². The van der Waals surface area contributed by atoms with Gasteiger partial charge in [0.1, 0.15) is 5.75 Å². The largest absolute Gasteiger partial charge is 0.507 e. The van der Waals surface area contributed by atoms with Gasteiger partial charge in [0.05, 0.1) is 12.5 Å². The molecule has 3 nitrogen and oxygen atoms in total. The summed E-state index contributed by atoms with van der Waals surface area (Å²) in [6, 6.07) is 4.07. The summed E-state index contributed by atoms with van der Waals surface area (Å²) in [6.07, 6.45) is 12.6. The lowest BCUT2D eigenvalue weighted by Gasteiger charge is -2.28. The molecule has 1 aromatic rings. The van der Waals surface area contributed by atoms with Crippen molar-refractivity contribution in [2.45, 2.75) is 136 Å². The number of carbonyl (C=O) groups excluding carboxylic acids is 1. The molecule has 1 aromatic carbocycles. The van der Waals surface area contributed by atoms with E-state index in [0.29, 0.717) is 12.2 Å². The SMILES string of the molecule is CCCCCCCCCCCCOC(=O)C(C)c1cc(C(C)(C)C)cc(C(C)(C)C)c1O. The number of phenolic OH excluding ortho intramolecular Hbond substituents is 1. The number of rotatable bonds is 13. The molecule has 0 fully saturated rings. The molecule has 1 unspecified atom stereocenters. The van der Waals surface area contributed by atoms with Crippen LogP contribution in [0.25, 0.3) is 0 Å². The van der Waals surface area contributed by atoms with Crippen LogP contribution >= 0.6 is 0 Å². The van der Waals surface area contributed by atoms with Crippen LogP contribution in [0, 0.1) is 0 Å². The zero-order chi connectivity index (χ0) is 24.4. The lowest BCUT2D eigenvalue weighted by molar-refractivity contribution is -0.145. The van der Waals surface area contributed by atoms with Crippen molar-refractivity contribution in [3.8, 4) is 5.75 Å². The van der Waals surface area contributed by atoms with E-state index < -0.39 is 5.92 Å². The number of ether oxygens (including phenoxy) is 1. The average Bonchev–Trinajstić information content (AvgIpc) is 2.69. The van der Waals surface area contributed by atoms with Gasteiger partial charge in [-0.3, -0.25) is 4.79 Å². The average molecular weight is 447 g/mol. The van der Waals surface area contributed by atoms with Crippen molar-refractivity contribution < 1.29 is 14.6 Å². The monoisotopic (exact) mass is 446 g/mol. The van der Waals surface area contributed by atoms with Gasteiger partial charge in [-0.15, -0.1) is 0 Å². The van der Waals surface area contributed by atoms with Gasteiger partial charge in [-0.1, -0.05) is 118 Å². The third kappa shape index (κ3) is 9.55. The van der Waals surface area contributed by atoms with Crippen LogP contribution in [0.5, 0.6) is 5.75 Å². The van der Waals surface area contributed by atoms with Gasteiger partial charge in [0.2, 0.25) is 0 Å². The second kappa shape index (κ2) is 13.3. The highest BCUT2D eigenvalue weighted by Crippen LogP contribution is 2.40. The van der Waals surface area contributed by atoms with Crippen LogP contribution in [0.15, 0.2) is 12.1 Å². The number of unbranched alkanes of at least 4 members (excludes halogenated alkanes) is 9. The molecule has 0 aliphatic rings. The predicted octanol–water partition coefficient (Wildman–Crippen LogP) is 8.55. The van der Waals surface area contributed by atoms with Gasteiger partial charge in [0, 0.05) is 5.56 Å². The number of hydrogen-bond donors (Lipinski definition) is 1. The number of esters is 1. The molecule has 1 N–H and O–H groups in total. The lowest BCUT2D eigenvalue weighted by atomic mass is 9.77. The van der Waals surface area contributed by atoms with Crippen molar-refractivity contribution in [3.63, 3.8) is 0 Å². The molecule has 0 aliphatic carbocycles. The summed E-state index contributed by atoms with van der Waals surface area (Å²) in [5.74, 6) is -0.502. The van der Waals surface area contributed by atoms with E-state index in [0.717, 1.165) is 24.0 Å². The Hall–Kier alpha value is -1.51. The van der Waals surface area contributed by atoms with Crippen LogP contribution in [0.1, 0.15) is 142 Å². The molecule has 0 aromatic heterocycles. The molecule has 0 spiro atoms. The first kappa shape index (κ1) is 28.5. The van der Waals surface area contributed by atoms with Crippen molar-refractivity contribution in [2.75, 3.05) is 6.61 Å². The van der Waals surface area contributed by atoms with Crippen LogP contribution in [0.2, 0.25) is 0 Å². The fraction of sp³-hybridized carbons (Fsp3) is 0.759. The topological polar surface area (TPSA) is 46.5 Å². The number of benzene rings is 1. The van der Waals surface area contributed by atoms with Gasteiger partial charge < -0.3 is 9.84 Å². The molecule has 0 saturated heterocycles. The fourth-order valence-electron chi connectivity index (χ4n) is 4.01. The number of phenols is 1. The molecule has 0 bridgehead atoms. The maximum Gasteiger partial charge on any atom is 0.313 e. The number of aromatic hydroxyl groups is 1. The Balaban J connectivity index is 2.58. The molecule has 184 valence electrons. The fourth-order valence-corrected chi connectivity index (χ4v) is 4.01. The number of hydrogen-bond acceptors (Lipinski definition) is 3. The summed E-state index contributed by atoms with van der Waals surface area (Å²) < 4.78 is 5.59. The summed E-state index contributed by atoms with van der Waals surface area (Å²) >= 11 is 0. The molecule has 0 radical (unpaired) electrons. The van der Waals surface area contributed by atoms with Gasteiger partial charge >= 0.3 is 5.97 Å². The van der Waals surface area contributed by atoms with Crippen LogP contribution < -0.4 is 0 Å². The van der Waals surface area contributed by atoms with E-state index in [-0.39, 0.29) is 22.5 Å². The van der Waals surface area contributed by atoms with E-state index >= 15 is 0 Å². The lowest BCUT2D eigenvalue weighted by Crippen LogP contribution is -2.20. The van der Waals surface area contributed by atoms with E-state index in [1.165, 1.54) is 51.4 Å². The first-order valence-corrected chi connectivity index (χ1v) is 12.9. The van der Waals surface area contributed by atoms with Crippen LogP contribution in [-0.2, 0) is 20.4 Å². The van der Waals surface area contributed by atoms with Crippen LogP contribution in [0.3, 0.4) is 0 Å². The molecule has 3 heteroatoms. The Morgan fingerprint density at radius 1 is 0.844 bits per heavy atom. The van der Waals surface area contributed by atoms with Crippen LogP contribution in [-0.4, -0.2) is 17.7 Å². The molecular weight excluding hydrogens is 396 g/mol. The quantitative estimate of drug-likeness (QED) is 0.244. The summed E-state index contributed by atoms with van der Waals surface area (Å²) in [5.41, 5.74) is 2.41. The van der Waals surface area contributed by atoms with Gasteiger partial charge in [-0.2, -0.15) is 0 Å². The highest BCUT2D eigenvalue weighted by atomic mass is 16.5. The second-order valence-electron chi connectivity index (χ2n) is 11.5. The van der Waals surface area contributed by atoms with Gasteiger partial charge in [-0.25, -0.2) is 0 Å². The van der Waals surface area contributed by atoms with E-state index in [1.807, 2.05) is 13.0 Å². The molecule has 1 rings (SSSR count). The highest BCUT2D eigenvalue weighted by molar-refractivity contribution is 5.79. The molecule has 0 heterocycles. The van der Waals surface area contributed by atoms with Crippen molar-refractivity contribution in [1.29, 1.82) is 0 Å². The first-order valence-electron chi connectivity index (χ1n) is 12.9. The smallest absolute Gasteiger partial charge is 0.313 e. The van der Waals surface area contributed by atoms with E-state index in [1.54, 1.807) is 0 Å². The molecule has 0 aliphatic heterocycles. The summed E-state index contributed by atoms with van der Waals surface area (Å²) in [6.45, 7) is 17.3. The Kier molecular flexibility index (Phi) is 11.8. The maximum absolute atomic E-state index is 12.7. The minimum atomic E-state index is -0.485. The normalized spacial score (nSPS) is 13.2. The Labute approximate surface area is 198 Å². The zero-order valence-corrected chi connectivity index (χ0v) is 22.3. The molecule has 1 atom stereocenters. The molecule has 0 amide bonds. The number of carbonyl (C=O) groups is 1. The minimum absolute atomic E-state index is 0.0674.